The molecule has 5 N–H and O–H groups in total. The first-order valence-corrected chi connectivity index (χ1v) is 11.3. The van der Waals surface area contributed by atoms with Crippen molar-refractivity contribution >= 4 is 29.3 Å². The topological polar surface area (TPSA) is 133 Å². The molecule has 0 fully saturated rings. The summed E-state index contributed by atoms with van der Waals surface area (Å²) in [6, 6.07) is 7.74. The van der Waals surface area contributed by atoms with Crippen LogP contribution in [-0.2, 0) is 11.2 Å². The quantitative estimate of drug-likeness (QED) is 0.336. The van der Waals surface area contributed by atoms with Gasteiger partial charge >= 0.3 is 6.09 Å². The van der Waals surface area contributed by atoms with Crippen molar-refractivity contribution in [2.24, 2.45) is 0 Å². The Kier molecular flexibility index (Phi) is 9.12. The molecule has 0 saturated carbocycles. The Balaban J connectivity index is 1.91. The largest absolute Gasteiger partial charge is 0.508 e. The minimum atomic E-state index is -1.03. The molecule has 0 aliphatic heterocycles. The van der Waals surface area contributed by atoms with Crippen molar-refractivity contribution in [1.29, 1.82) is 0 Å². The summed E-state index contributed by atoms with van der Waals surface area (Å²) in [5.41, 5.74) is -0.0719. The van der Waals surface area contributed by atoms with Gasteiger partial charge in [0.05, 0.1) is 0 Å². The average molecular weight is 493 g/mol. The van der Waals surface area contributed by atoms with Crippen LogP contribution in [0.15, 0.2) is 36.5 Å². The predicted molar refractivity (Wildman–Crippen MR) is 131 cm³/mol. The average Bonchev–Trinajstić information content (AvgIpc) is 2.69. The fraction of sp³-hybridized carbons (Fsp3) is 0.458. The molecule has 0 radical (unpaired) electrons. The number of alkyl carbamates (subject to hydrolysis) is 1. The number of phenolic OH excluding ortho intramolecular Hbond substituents is 1. The molecule has 0 aliphatic rings. The number of aliphatic hydroxyl groups excluding tert-OH is 1. The number of pyridine rings is 1. The summed E-state index contributed by atoms with van der Waals surface area (Å²) in [4.78, 5) is 28.6. The minimum absolute atomic E-state index is 0.0310. The van der Waals surface area contributed by atoms with E-state index in [2.05, 4.69) is 20.9 Å². The number of phenols is 1. The van der Waals surface area contributed by atoms with Crippen molar-refractivity contribution in [1.82, 2.24) is 15.6 Å². The fourth-order valence-corrected chi connectivity index (χ4v) is 3.23. The third-order valence-electron chi connectivity index (χ3n) is 4.65. The molecule has 2 rings (SSSR count). The van der Waals surface area contributed by atoms with E-state index < -0.39 is 29.4 Å². The van der Waals surface area contributed by atoms with Crippen LogP contribution >= 0.6 is 11.6 Å². The lowest BCUT2D eigenvalue weighted by molar-refractivity contribution is 0.0524. The Morgan fingerprint density at radius 3 is 2.53 bits per heavy atom. The van der Waals surface area contributed by atoms with E-state index in [0.717, 1.165) is 0 Å². The van der Waals surface area contributed by atoms with E-state index >= 15 is 0 Å². The van der Waals surface area contributed by atoms with Crippen LogP contribution in [0.3, 0.4) is 0 Å². The highest BCUT2D eigenvalue weighted by atomic mass is 35.5. The molecule has 0 saturated heterocycles. The van der Waals surface area contributed by atoms with Crippen LogP contribution in [0.25, 0.3) is 0 Å². The summed E-state index contributed by atoms with van der Waals surface area (Å²) >= 11 is 5.95. The Morgan fingerprint density at radius 2 is 1.85 bits per heavy atom. The maximum Gasteiger partial charge on any atom is 0.407 e. The van der Waals surface area contributed by atoms with Crippen LogP contribution in [0.2, 0.25) is 5.02 Å². The second kappa shape index (κ2) is 11.4. The molecular weight excluding hydrogens is 460 g/mol. The summed E-state index contributed by atoms with van der Waals surface area (Å²) in [5, 5.41) is 29.2. The maximum atomic E-state index is 12.7. The molecule has 1 aromatic carbocycles. The van der Waals surface area contributed by atoms with Crippen molar-refractivity contribution in [2.45, 2.75) is 64.8 Å². The molecule has 34 heavy (non-hydrogen) atoms. The van der Waals surface area contributed by atoms with Crippen molar-refractivity contribution in [2.75, 3.05) is 11.9 Å². The lowest BCUT2D eigenvalue weighted by Crippen LogP contribution is -2.46. The van der Waals surface area contributed by atoms with Gasteiger partial charge in [-0.3, -0.25) is 9.78 Å². The first-order chi connectivity index (χ1) is 15.7. The molecule has 1 aromatic heterocycles. The lowest BCUT2D eigenvalue weighted by Gasteiger charge is -2.27. The number of aromatic nitrogens is 1. The number of hydrogen-bond donors (Lipinski definition) is 5. The second-order valence-corrected chi connectivity index (χ2v) is 10.0. The number of benzene rings is 1. The van der Waals surface area contributed by atoms with Gasteiger partial charge in [0.15, 0.2) is 0 Å². The Hall–Kier alpha value is -3.04. The Morgan fingerprint density at radius 1 is 1.15 bits per heavy atom. The van der Waals surface area contributed by atoms with Crippen LogP contribution in [0.4, 0.5) is 10.5 Å². The zero-order chi connectivity index (χ0) is 25.5. The highest BCUT2D eigenvalue weighted by Crippen LogP contribution is 2.23. The second-order valence-electron chi connectivity index (χ2n) is 9.58. The minimum Gasteiger partial charge on any atom is -0.508 e. The smallest absolute Gasteiger partial charge is 0.407 e. The van der Waals surface area contributed by atoms with Crippen LogP contribution in [0, 0.1) is 0 Å². The van der Waals surface area contributed by atoms with Gasteiger partial charge in [-0.25, -0.2) is 4.79 Å². The van der Waals surface area contributed by atoms with Gasteiger partial charge in [-0.1, -0.05) is 11.6 Å². The summed E-state index contributed by atoms with van der Waals surface area (Å²) in [5.74, 6) is -0.365. The summed E-state index contributed by atoms with van der Waals surface area (Å²) < 4.78 is 5.20. The van der Waals surface area contributed by atoms with Gasteiger partial charge in [0.1, 0.15) is 23.3 Å². The number of carbonyl (C=O) groups is 2. The molecule has 2 aromatic rings. The Labute approximate surface area is 204 Å². The number of aromatic hydroxyl groups is 1. The molecule has 0 spiro atoms. The van der Waals surface area contributed by atoms with Gasteiger partial charge in [-0.05, 0) is 76.9 Å². The van der Waals surface area contributed by atoms with Crippen molar-refractivity contribution in [3.05, 3.63) is 52.8 Å². The molecular formula is C24H33ClN4O5. The van der Waals surface area contributed by atoms with Gasteiger partial charge in [-0.15, -0.1) is 0 Å². The molecule has 1 unspecified atom stereocenters. The molecule has 0 bridgehead atoms. The molecule has 9 nitrogen and oxygen atoms in total. The molecule has 1 heterocycles. The summed E-state index contributed by atoms with van der Waals surface area (Å²) in [6.07, 6.45) is 0.488. The number of nitrogens with one attached hydrogen (secondary N) is 3. The van der Waals surface area contributed by atoms with E-state index in [4.69, 9.17) is 16.3 Å². The fourth-order valence-electron chi connectivity index (χ4n) is 3.04. The highest BCUT2D eigenvalue weighted by Gasteiger charge is 2.23. The van der Waals surface area contributed by atoms with Crippen LogP contribution in [-0.4, -0.2) is 51.1 Å². The van der Waals surface area contributed by atoms with Gasteiger partial charge in [-0.2, -0.15) is 0 Å². The molecule has 0 aliphatic carbocycles. The van der Waals surface area contributed by atoms with Crippen LogP contribution in [0.1, 0.15) is 57.1 Å². The molecule has 1 atom stereocenters. The van der Waals surface area contributed by atoms with Crippen molar-refractivity contribution < 1.29 is 24.5 Å². The maximum absolute atomic E-state index is 12.7. The number of amides is 2. The normalized spacial score (nSPS) is 12.6. The van der Waals surface area contributed by atoms with E-state index in [1.807, 2.05) is 13.8 Å². The highest BCUT2D eigenvalue weighted by molar-refractivity contribution is 6.30. The van der Waals surface area contributed by atoms with Gasteiger partial charge in [0.25, 0.3) is 5.91 Å². The lowest BCUT2D eigenvalue weighted by atomic mass is 10.0. The van der Waals surface area contributed by atoms with Crippen molar-refractivity contribution in [3.63, 3.8) is 0 Å². The van der Waals surface area contributed by atoms with E-state index in [0.29, 0.717) is 29.2 Å². The first kappa shape index (κ1) is 27.2. The number of hydrogen-bond acceptors (Lipinski definition) is 7. The summed E-state index contributed by atoms with van der Waals surface area (Å²) in [6.45, 7) is 9.35. The van der Waals surface area contributed by atoms with Crippen molar-refractivity contribution in [3.8, 4) is 5.75 Å². The van der Waals surface area contributed by atoms with E-state index in [1.165, 1.54) is 18.3 Å². The van der Waals surface area contributed by atoms with E-state index in [-0.39, 0.29) is 17.9 Å². The van der Waals surface area contributed by atoms with Gasteiger partial charge in [0, 0.05) is 35.4 Å². The predicted octanol–water partition coefficient (Wildman–Crippen LogP) is 3.84. The molecule has 2 amide bonds. The number of carbonyl (C=O) groups excluding carboxylic acids is 2. The van der Waals surface area contributed by atoms with Crippen LogP contribution in [0.5, 0.6) is 5.75 Å². The number of aliphatic hydroxyl groups is 1. The van der Waals surface area contributed by atoms with E-state index in [9.17, 15) is 19.8 Å². The number of ether oxygens (including phenoxy) is 1. The van der Waals surface area contributed by atoms with Crippen LogP contribution < -0.4 is 16.0 Å². The third-order valence-corrected chi connectivity index (χ3v) is 4.89. The SMILES string of the molecule is CC(C)(CCNC(=O)OC(C)(C)C)NC(=O)c1cc(NC(O)Cc2cc(Cl)ccc2O)ccn1. The number of nitrogens with zero attached hydrogens (tertiary/aromatic N) is 1. The zero-order valence-corrected chi connectivity index (χ0v) is 20.9. The number of rotatable bonds is 9. The summed E-state index contributed by atoms with van der Waals surface area (Å²) in [7, 11) is 0. The number of halogens is 1. The van der Waals surface area contributed by atoms with Gasteiger partial charge < -0.3 is 30.9 Å². The standard InChI is InChI=1S/C24H33ClN4O5/c1-23(2,3)34-22(33)27-11-9-24(4,5)29-21(32)18-14-17(8-10-26-18)28-20(31)13-15-12-16(25)6-7-19(15)30/h6-8,10,12,14,20,30-31H,9,11,13H2,1-5H3,(H,26,28)(H,27,33)(H,29,32). The monoisotopic (exact) mass is 492 g/mol. The molecule has 186 valence electrons. The Bertz CT molecular complexity index is 1010. The van der Waals surface area contributed by atoms with E-state index in [1.54, 1.807) is 39.0 Å². The number of anilines is 1. The molecule has 10 heteroatoms. The third kappa shape index (κ3) is 9.44. The zero-order valence-electron chi connectivity index (χ0n) is 20.1. The van der Waals surface area contributed by atoms with Gasteiger partial charge in [0.2, 0.25) is 0 Å². The first-order valence-electron chi connectivity index (χ1n) is 10.9.